The molecule has 2 N–H and O–H groups in total. The minimum atomic E-state index is -0.754. The molecule has 0 saturated heterocycles. The number of aliphatic hydroxyl groups is 1. The van der Waals surface area contributed by atoms with Gasteiger partial charge in [-0.15, -0.1) is 0 Å². The van der Waals surface area contributed by atoms with Crippen LogP contribution in [0.25, 0.3) is 0 Å². The van der Waals surface area contributed by atoms with Gasteiger partial charge in [0.05, 0.1) is 26.4 Å². The smallest absolute Gasteiger partial charge is 0.251 e. The molecule has 1 amide bonds. The standard InChI is InChI=1S/C19H23NO4/c1-14-5-3-4-6-18(14)19(22)20-11-16(21)13-24-12-15-7-9-17(23-2)10-8-15/h3-10,16,21H,11-13H2,1-2H3,(H,20,22)/t16-/m1/s1. The average Bonchev–Trinajstić information content (AvgIpc) is 2.60. The van der Waals surface area contributed by atoms with Crippen LogP contribution in [0.1, 0.15) is 21.5 Å². The largest absolute Gasteiger partial charge is 0.497 e. The van der Waals surface area contributed by atoms with E-state index in [1.165, 1.54) is 0 Å². The van der Waals surface area contributed by atoms with Gasteiger partial charge in [0.2, 0.25) is 0 Å². The number of nitrogens with one attached hydrogen (secondary N) is 1. The molecule has 2 aromatic rings. The zero-order valence-corrected chi connectivity index (χ0v) is 14.0. The van der Waals surface area contributed by atoms with E-state index in [4.69, 9.17) is 9.47 Å². The van der Waals surface area contributed by atoms with Crippen molar-refractivity contribution in [1.82, 2.24) is 5.32 Å². The zero-order valence-electron chi connectivity index (χ0n) is 14.0. The summed E-state index contributed by atoms with van der Waals surface area (Å²) in [6.07, 6.45) is -0.754. The van der Waals surface area contributed by atoms with Crippen LogP contribution < -0.4 is 10.1 Å². The summed E-state index contributed by atoms with van der Waals surface area (Å²) in [4.78, 5) is 12.1. The second kappa shape index (κ2) is 9.05. The SMILES string of the molecule is COc1ccc(COC[C@H](O)CNC(=O)c2ccccc2C)cc1. The minimum Gasteiger partial charge on any atom is -0.497 e. The van der Waals surface area contributed by atoms with Gasteiger partial charge in [0.15, 0.2) is 0 Å². The number of aliphatic hydroxyl groups excluding tert-OH is 1. The van der Waals surface area contributed by atoms with Crippen molar-refractivity contribution in [1.29, 1.82) is 0 Å². The fourth-order valence-corrected chi connectivity index (χ4v) is 2.23. The number of carbonyl (C=O) groups excluding carboxylic acids is 1. The second-order valence-corrected chi connectivity index (χ2v) is 5.54. The van der Waals surface area contributed by atoms with Crippen molar-refractivity contribution in [2.75, 3.05) is 20.3 Å². The Hall–Kier alpha value is -2.37. The Balaban J connectivity index is 1.70. The van der Waals surface area contributed by atoms with Crippen LogP contribution in [0, 0.1) is 6.92 Å². The third-order valence-corrected chi connectivity index (χ3v) is 3.63. The molecule has 0 heterocycles. The van der Waals surface area contributed by atoms with E-state index < -0.39 is 6.10 Å². The molecular formula is C19H23NO4. The molecule has 2 rings (SSSR count). The number of carbonyl (C=O) groups is 1. The van der Waals surface area contributed by atoms with Crippen LogP contribution >= 0.6 is 0 Å². The van der Waals surface area contributed by atoms with Crippen LogP contribution in [0.4, 0.5) is 0 Å². The lowest BCUT2D eigenvalue weighted by Gasteiger charge is -2.13. The van der Waals surface area contributed by atoms with Crippen LogP contribution in [0.15, 0.2) is 48.5 Å². The van der Waals surface area contributed by atoms with Gasteiger partial charge in [-0.25, -0.2) is 0 Å². The second-order valence-electron chi connectivity index (χ2n) is 5.54. The Labute approximate surface area is 142 Å². The van der Waals surface area contributed by atoms with Crippen molar-refractivity contribution in [2.45, 2.75) is 19.6 Å². The Kier molecular flexibility index (Phi) is 6.78. The molecule has 0 bridgehead atoms. The summed E-state index contributed by atoms with van der Waals surface area (Å²) in [6.45, 7) is 2.58. The van der Waals surface area contributed by atoms with E-state index in [1.807, 2.05) is 49.4 Å². The number of hydrogen-bond donors (Lipinski definition) is 2. The lowest BCUT2D eigenvalue weighted by atomic mass is 10.1. The van der Waals surface area contributed by atoms with Gasteiger partial charge < -0.3 is 19.9 Å². The maximum atomic E-state index is 12.1. The number of amides is 1. The molecule has 2 aromatic carbocycles. The quantitative estimate of drug-likeness (QED) is 0.780. The van der Waals surface area contributed by atoms with E-state index in [0.29, 0.717) is 12.2 Å². The molecular weight excluding hydrogens is 306 g/mol. The number of rotatable bonds is 8. The molecule has 5 heteroatoms. The molecule has 1 atom stereocenters. The van der Waals surface area contributed by atoms with Gasteiger partial charge >= 0.3 is 0 Å². The predicted octanol–water partition coefficient (Wildman–Crippen LogP) is 2.31. The molecule has 128 valence electrons. The summed E-state index contributed by atoms with van der Waals surface area (Å²) in [6, 6.07) is 14.9. The van der Waals surface area contributed by atoms with Crippen LogP contribution in [-0.2, 0) is 11.3 Å². The van der Waals surface area contributed by atoms with E-state index in [2.05, 4.69) is 5.32 Å². The Morgan fingerprint density at radius 2 is 1.88 bits per heavy atom. The summed E-state index contributed by atoms with van der Waals surface area (Å²) >= 11 is 0. The fraction of sp³-hybridized carbons (Fsp3) is 0.316. The van der Waals surface area contributed by atoms with Crippen molar-refractivity contribution >= 4 is 5.91 Å². The molecule has 0 aliphatic carbocycles. The highest BCUT2D eigenvalue weighted by Gasteiger charge is 2.11. The maximum Gasteiger partial charge on any atom is 0.251 e. The summed E-state index contributed by atoms with van der Waals surface area (Å²) in [5, 5.41) is 12.6. The molecule has 24 heavy (non-hydrogen) atoms. The molecule has 0 saturated carbocycles. The highest BCUT2D eigenvalue weighted by atomic mass is 16.5. The van der Waals surface area contributed by atoms with Crippen molar-refractivity contribution < 1.29 is 19.4 Å². The number of ether oxygens (including phenoxy) is 2. The fourth-order valence-electron chi connectivity index (χ4n) is 2.23. The number of aryl methyl sites for hydroxylation is 1. The van der Waals surface area contributed by atoms with Gasteiger partial charge in [-0.3, -0.25) is 4.79 Å². The third-order valence-electron chi connectivity index (χ3n) is 3.63. The Morgan fingerprint density at radius 3 is 2.54 bits per heavy atom. The first-order chi connectivity index (χ1) is 11.6. The van der Waals surface area contributed by atoms with E-state index >= 15 is 0 Å². The molecule has 0 fully saturated rings. The number of benzene rings is 2. The van der Waals surface area contributed by atoms with Crippen molar-refractivity contribution in [3.05, 3.63) is 65.2 Å². The van der Waals surface area contributed by atoms with Gasteiger partial charge in [0, 0.05) is 12.1 Å². The topological polar surface area (TPSA) is 67.8 Å². The molecule has 0 aliphatic rings. The van der Waals surface area contributed by atoms with Gasteiger partial charge in [-0.2, -0.15) is 0 Å². The molecule has 0 spiro atoms. The summed E-state index contributed by atoms with van der Waals surface area (Å²) in [7, 11) is 1.62. The Bertz CT molecular complexity index is 655. The highest BCUT2D eigenvalue weighted by Crippen LogP contribution is 2.12. The molecule has 0 radical (unpaired) electrons. The van der Waals surface area contributed by atoms with E-state index in [1.54, 1.807) is 13.2 Å². The first-order valence-electron chi connectivity index (χ1n) is 7.82. The van der Waals surface area contributed by atoms with E-state index in [9.17, 15) is 9.90 Å². The van der Waals surface area contributed by atoms with Crippen molar-refractivity contribution in [3.8, 4) is 5.75 Å². The first-order valence-corrected chi connectivity index (χ1v) is 7.82. The van der Waals surface area contributed by atoms with Crippen LogP contribution in [0.2, 0.25) is 0 Å². The van der Waals surface area contributed by atoms with Crippen LogP contribution in [0.3, 0.4) is 0 Å². The van der Waals surface area contributed by atoms with Gasteiger partial charge in [-0.05, 0) is 36.2 Å². The molecule has 5 nitrogen and oxygen atoms in total. The van der Waals surface area contributed by atoms with Gasteiger partial charge in [0.1, 0.15) is 5.75 Å². The molecule has 0 aromatic heterocycles. The molecule has 0 aliphatic heterocycles. The number of hydrogen-bond acceptors (Lipinski definition) is 4. The molecule has 0 unspecified atom stereocenters. The Morgan fingerprint density at radius 1 is 1.17 bits per heavy atom. The van der Waals surface area contributed by atoms with Crippen molar-refractivity contribution in [3.63, 3.8) is 0 Å². The minimum absolute atomic E-state index is 0.149. The van der Waals surface area contributed by atoms with Gasteiger partial charge in [-0.1, -0.05) is 30.3 Å². The first kappa shape index (κ1) is 18.0. The average molecular weight is 329 g/mol. The summed E-state index contributed by atoms with van der Waals surface area (Å²) < 4.78 is 10.6. The normalized spacial score (nSPS) is 11.8. The van der Waals surface area contributed by atoms with Crippen LogP contribution in [-0.4, -0.2) is 37.4 Å². The van der Waals surface area contributed by atoms with Crippen LogP contribution in [0.5, 0.6) is 5.75 Å². The lowest BCUT2D eigenvalue weighted by molar-refractivity contribution is 0.0285. The monoisotopic (exact) mass is 329 g/mol. The number of methoxy groups -OCH3 is 1. The third kappa shape index (κ3) is 5.37. The van der Waals surface area contributed by atoms with Gasteiger partial charge in [0.25, 0.3) is 5.91 Å². The highest BCUT2D eigenvalue weighted by molar-refractivity contribution is 5.95. The maximum absolute atomic E-state index is 12.1. The van der Waals surface area contributed by atoms with E-state index in [-0.39, 0.29) is 19.1 Å². The lowest BCUT2D eigenvalue weighted by Crippen LogP contribution is -2.34. The van der Waals surface area contributed by atoms with Crippen molar-refractivity contribution in [2.24, 2.45) is 0 Å². The summed E-state index contributed by atoms with van der Waals surface area (Å²) in [5.41, 5.74) is 2.51. The summed E-state index contributed by atoms with van der Waals surface area (Å²) in [5.74, 6) is 0.597. The zero-order chi connectivity index (χ0) is 17.4. The van der Waals surface area contributed by atoms with E-state index in [0.717, 1.165) is 16.9 Å². The predicted molar refractivity (Wildman–Crippen MR) is 92.2 cm³/mol.